The second kappa shape index (κ2) is 33.4. The quantitative estimate of drug-likeness (QED) is 0.165. The van der Waals surface area contributed by atoms with Crippen LogP contribution in [0.15, 0.2) is 207 Å². The van der Waals surface area contributed by atoms with Gasteiger partial charge in [-0.3, -0.25) is 4.57 Å². The van der Waals surface area contributed by atoms with Crippen LogP contribution in [0.25, 0.3) is 121 Å². The van der Waals surface area contributed by atoms with Crippen LogP contribution in [0.3, 0.4) is 0 Å². The van der Waals surface area contributed by atoms with Crippen molar-refractivity contribution in [3.05, 3.63) is 230 Å². The third-order valence-electron chi connectivity index (χ3n) is 13.6. The van der Waals surface area contributed by atoms with Gasteiger partial charge in [0.15, 0.2) is 0 Å². The van der Waals surface area contributed by atoms with Gasteiger partial charge in [0.2, 0.25) is 5.95 Å². The predicted molar refractivity (Wildman–Crippen MR) is 365 cm³/mol. The molecule has 0 bridgehead atoms. The summed E-state index contributed by atoms with van der Waals surface area (Å²) in [5.41, 5.74) is 11.1. The number of nitrogens with zero attached hydrogens (tertiary/aromatic N) is 6. The maximum absolute atomic E-state index is 5.18. The Bertz CT molecular complexity index is 4310. The van der Waals surface area contributed by atoms with Gasteiger partial charge in [-0.15, -0.1) is 6.07 Å². The summed E-state index contributed by atoms with van der Waals surface area (Å²) in [4.78, 5) is 19.6. The van der Waals surface area contributed by atoms with Crippen LogP contribution in [0.5, 0.6) is 0 Å². The molecule has 1 aliphatic rings. The third kappa shape index (κ3) is 13.1. The summed E-state index contributed by atoms with van der Waals surface area (Å²) in [7, 11) is 0. The summed E-state index contributed by atoms with van der Waals surface area (Å²) in [6.07, 6.45) is 7.93. The summed E-state index contributed by atoms with van der Waals surface area (Å²) in [6.45, 7) is 32.0. The zero-order valence-electron chi connectivity index (χ0n) is 52.6. The predicted octanol–water partition coefficient (Wildman–Crippen LogP) is 22.8. The van der Waals surface area contributed by atoms with Crippen LogP contribution >= 0.6 is 0 Å². The van der Waals surface area contributed by atoms with E-state index in [1.807, 2.05) is 147 Å². The summed E-state index contributed by atoms with van der Waals surface area (Å²) in [6, 6.07) is 71.5. The first kappa shape index (κ1) is 66.9. The Morgan fingerprint density at radius 3 is 1.25 bits per heavy atom. The SMILES string of the molecule is CC.CC.CC.CC.CC.CC.CC.CC.[Y].[c-]1ccccc1-c1[c-]nc(-n2c3ccc4ccccc4c3c3ccc4ccccc4c32)nc1.c1ccc2c(c1)Cc1cnc(-n3c4ccc5ccccc5c4c4ccc5ccccc5c43)nc1-2. The Hall–Kier alpha value is -7.90. The Balaban J connectivity index is 0.000000247. The standard InChI is InChI=1S/C31H19N3.C30H17N3.8C2H6.Y/c1-4-10-23-19(7-1)14-16-27-28(23)26-15-13-20-8-2-6-12-25(20)30(26)34(27)31-32-18-22-17-21-9-3-5-11-24(21)29(22)33-31;1-2-8-20(9-3-1)23-18-31-30(32-19-23)33-27-17-15-21-10-4-6-12-24(21)28(27)26-16-14-22-11-5-7-13-25(22)29(26)33;8*1-2;/h1-16,18H,17H2;1-8,10-18H;8*1-2H3;/q;-2;;;;;;;;;. The van der Waals surface area contributed by atoms with Gasteiger partial charge in [-0.25, -0.2) is 15.5 Å². The first-order chi connectivity index (χ1) is 41.2. The fourth-order valence-electron chi connectivity index (χ4n) is 10.6. The van der Waals surface area contributed by atoms with Crippen molar-refractivity contribution in [3.63, 3.8) is 0 Å². The van der Waals surface area contributed by atoms with Crippen molar-refractivity contribution in [3.8, 4) is 34.3 Å². The van der Waals surface area contributed by atoms with Gasteiger partial charge in [0.1, 0.15) is 5.95 Å². The molecule has 0 fully saturated rings. The normalized spacial score (nSPS) is 10.2. The molecule has 0 unspecified atom stereocenters. The third-order valence-corrected chi connectivity index (χ3v) is 13.6. The van der Waals surface area contributed by atoms with Crippen LogP contribution < -0.4 is 0 Å². The van der Waals surface area contributed by atoms with E-state index in [0.717, 1.165) is 51.3 Å². The molecule has 10 aromatic carbocycles. The van der Waals surface area contributed by atoms with E-state index in [1.165, 1.54) is 81.3 Å². The van der Waals surface area contributed by atoms with E-state index in [-0.39, 0.29) is 32.7 Å². The number of aromatic nitrogens is 6. The molecular weight excluding hydrogens is 1100 g/mol. The molecule has 4 heterocycles. The van der Waals surface area contributed by atoms with Gasteiger partial charge in [0.25, 0.3) is 0 Å². The van der Waals surface area contributed by atoms with Gasteiger partial charge in [0.05, 0.1) is 22.2 Å². The molecular formula is C77H84N6Y-2. The van der Waals surface area contributed by atoms with E-state index in [1.54, 1.807) is 0 Å². The van der Waals surface area contributed by atoms with Gasteiger partial charge >= 0.3 is 0 Å². The van der Waals surface area contributed by atoms with Crippen molar-refractivity contribution in [1.82, 2.24) is 29.1 Å². The topological polar surface area (TPSA) is 61.4 Å². The van der Waals surface area contributed by atoms with Crippen LogP contribution in [-0.2, 0) is 39.1 Å². The molecule has 0 saturated carbocycles. The van der Waals surface area contributed by atoms with Gasteiger partial charge in [0, 0.05) is 94.3 Å². The smallest absolute Gasteiger partial charge is 0.235 e. The van der Waals surface area contributed by atoms with Gasteiger partial charge in [-0.1, -0.05) is 281 Å². The average molecular weight is 1180 g/mol. The van der Waals surface area contributed by atoms with Crippen molar-refractivity contribution in [1.29, 1.82) is 0 Å². The molecule has 4 aromatic heterocycles. The largest absolute Gasteiger partial charge is 0.330 e. The van der Waals surface area contributed by atoms with E-state index in [4.69, 9.17) is 19.9 Å². The number of hydrogen-bond acceptors (Lipinski definition) is 4. The number of fused-ring (bicyclic) bond motifs is 17. The Morgan fingerprint density at radius 1 is 0.357 bits per heavy atom. The molecule has 0 N–H and O–H groups in total. The van der Waals surface area contributed by atoms with E-state index in [2.05, 4.69) is 191 Å². The fraction of sp³-hybridized carbons (Fsp3) is 0.221. The maximum atomic E-state index is 5.18. The minimum Gasteiger partial charge on any atom is -0.330 e. The molecule has 0 amide bonds. The monoisotopic (exact) mass is 1180 g/mol. The van der Waals surface area contributed by atoms with Crippen molar-refractivity contribution >= 4 is 86.7 Å². The second-order valence-electron chi connectivity index (χ2n) is 17.2. The molecule has 0 spiro atoms. The van der Waals surface area contributed by atoms with Crippen LogP contribution in [0.2, 0.25) is 0 Å². The number of benzene rings is 10. The molecule has 15 rings (SSSR count). The summed E-state index contributed by atoms with van der Waals surface area (Å²) in [5, 5.41) is 14.7. The molecule has 84 heavy (non-hydrogen) atoms. The Kier molecular flexibility index (Phi) is 26.6. The van der Waals surface area contributed by atoms with Crippen LogP contribution in [0.4, 0.5) is 0 Å². The minimum atomic E-state index is 0. The van der Waals surface area contributed by atoms with Crippen LogP contribution in [-0.4, -0.2) is 29.1 Å². The first-order valence-corrected chi connectivity index (χ1v) is 30.6. The molecule has 7 heteroatoms. The molecule has 14 aromatic rings. The van der Waals surface area contributed by atoms with Crippen molar-refractivity contribution in [2.75, 3.05) is 0 Å². The van der Waals surface area contributed by atoms with E-state index in [9.17, 15) is 0 Å². The molecule has 6 nitrogen and oxygen atoms in total. The van der Waals surface area contributed by atoms with Crippen LogP contribution in [0, 0.1) is 12.3 Å². The molecule has 1 radical (unpaired) electrons. The maximum Gasteiger partial charge on any atom is 0.235 e. The van der Waals surface area contributed by atoms with E-state index < -0.39 is 0 Å². The fourth-order valence-corrected chi connectivity index (χ4v) is 10.6. The van der Waals surface area contributed by atoms with Crippen molar-refractivity contribution < 1.29 is 32.7 Å². The van der Waals surface area contributed by atoms with Crippen molar-refractivity contribution in [2.24, 2.45) is 0 Å². The van der Waals surface area contributed by atoms with E-state index in [0.29, 0.717) is 5.95 Å². The van der Waals surface area contributed by atoms with Crippen molar-refractivity contribution in [2.45, 2.75) is 117 Å². The van der Waals surface area contributed by atoms with E-state index >= 15 is 0 Å². The van der Waals surface area contributed by atoms with Gasteiger partial charge in [-0.05, 0) is 50.0 Å². The average Bonchev–Trinajstić information content (AvgIpc) is 2.79. The Labute approximate surface area is 526 Å². The van der Waals surface area contributed by atoms with Crippen LogP contribution in [0.1, 0.15) is 122 Å². The summed E-state index contributed by atoms with van der Waals surface area (Å²) < 4.78 is 4.44. The van der Waals surface area contributed by atoms with Gasteiger partial charge in [-0.2, -0.15) is 29.8 Å². The zero-order valence-corrected chi connectivity index (χ0v) is 55.4. The number of hydrogen-bond donors (Lipinski definition) is 0. The minimum absolute atomic E-state index is 0. The molecule has 1 aliphatic carbocycles. The molecule has 0 aliphatic heterocycles. The molecule has 427 valence electrons. The summed E-state index contributed by atoms with van der Waals surface area (Å²) >= 11 is 0. The number of rotatable bonds is 3. The zero-order chi connectivity index (χ0) is 60.0. The second-order valence-corrected chi connectivity index (χ2v) is 17.2. The first-order valence-electron chi connectivity index (χ1n) is 30.6. The molecule has 0 atom stereocenters. The van der Waals surface area contributed by atoms with Gasteiger partial charge < -0.3 is 14.5 Å². The Morgan fingerprint density at radius 2 is 0.774 bits per heavy atom. The molecule has 0 saturated heterocycles. The summed E-state index contributed by atoms with van der Waals surface area (Å²) in [5.74, 6) is 1.34.